The standard InChI is InChI=1S/C24H24BrClN2O4/c1-31-21-12-16(19(25)13-22(21)32-14-15-7-9-17(26)10-8-15)11-20-23(29)28(24(30)27-20)18-5-3-2-4-6-18/h7-13,18H,2-6,14H2,1H3,(H,27,30)/b20-11-. The number of nitrogens with one attached hydrogen (secondary N) is 1. The number of nitrogens with zero attached hydrogens (tertiary/aromatic N) is 1. The predicted molar refractivity (Wildman–Crippen MR) is 127 cm³/mol. The van der Waals surface area contributed by atoms with Gasteiger partial charge in [0.25, 0.3) is 5.91 Å². The molecule has 2 fully saturated rings. The Morgan fingerprint density at radius 1 is 1.12 bits per heavy atom. The normalized spacial score (nSPS) is 18.2. The highest BCUT2D eigenvalue weighted by Crippen LogP contribution is 2.36. The first-order chi connectivity index (χ1) is 15.5. The fraction of sp³-hybridized carbons (Fsp3) is 0.333. The zero-order valence-electron chi connectivity index (χ0n) is 17.7. The number of urea groups is 1. The number of imide groups is 1. The van der Waals surface area contributed by atoms with Crippen molar-refractivity contribution in [2.24, 2.45) is 0 Å². The molecule has 2 aliphatic rings. The smallest absolute Gasteiger partial charge is 0.329 e. The number of hydrogen-bond acceptors (Lipinski definition) is 4. The summed E-state index contributed by atoms with van der Waals surface area (Å²) in [5.41, 5.74) is 1.94. The summed E-state index contributed by atoms with van der Waals surface area (Å²) in [5, 5.41) is 3.39. The van der Waals surface area contributed by atoms with Crippen LogP contribution in [0.2, 0.25) is 5.02 Å². The van der Waals surface area contributed by atoms with Gasteiger partial charge in [-0.25, -0.2) is 4.79 Å². The Hall–Kier alpha value is -2.51. The van der Waals surface area contributed by atoms with Crippen LogP contribution in [0.5, 0.6) is 11.5 Å². The zero-order valence-corrected chi connectivity index (χ0v) is 20.0. The van der Waals surface area contributed by atoms with Crippen LogP contribution in [-0.4, -0.2) is 30.0 Å². The maximum atomic E-state index is 12.9. The first-order valence-corrected chi connectivity index (χ1v) is 11.7. The molecular formula is C24H24BrClN2O4. The van der Waals surface area contributed by atoms with Crippen molar-refractivity contribution in [1.29, 1.82) is 0 Å². The van der Waals surface area contributed by atoms with Crippen LogP contribution in [-0.2, 0) is 11.4 Å². The van der Waals surface area contributed by atoms with E-state index in [1.807, 2.05) is 24.3 Å². The Labute approximate surface area is 200 Å². The van der Waals surface area contributed by atoms with Crippen molar-refractivity contribution in [2.75, 3.05) is 7.11 Å². The second-order valence-corrected chi connectivity index (χ2v) is 9.19. The topological polar surface area (TPSA) is 67.9 Å². The lowest BCUT2D eigenvalue weighted by Gasteiger charge is -2.28. The van der Waals surface area contributed by atoms with E-state index in [2.05, 4.69) is 21.2 Å². The molecule has 0 unspecified atom stereocenters. The number of halogens is 2. The molecule has 0 bridgehead atoms. The fourth-order valence-electron chi connectivity index (χ4n) is 4.05. The first-order valence-electron chi connectivity index (χ1n) is 10.6. The van der Waals surface area contributed by atoms with Crippen molar-refractivity contribution in [3.8, 4) is 11.5 Å². The summed E-state index contributed by atoms with van der Waals surface area (Å²) in [4.78, 5) is 26.8. The van der Waals surface area contributed by atoms with Crippen molar-refractivity contribution in [3.63, 3.8) is 0 Å². The molecule has 8 heteroatoms. The van der Waals surface area contributed by atoms with Crippen LogP contribution < -0.4 is 14.8 Å². The predicted octanol–water partition coefficient (Wildman–Crippen LogP) is 5.92. The van der Waals surface area contributed by atoms with E-state index in [1.54, 1.807) is 25.3 Å². The maximum absolute atomic E-state index is 12.9. The molecule has 2 aromatic carbocycles. The van der Waals surface area contributed by atoms with Gasteiger partial charge < -0.3 is 14.8 Å². The van der Waals surface area contributed by atoms with Gasteiger partial charge in [-0.1, -0.05) is 58.9 Å². The number of amides is 3. The summed E-state index contributed by atoms with van der Waals surface area (Å²) in [5.74, 6) is 0.799. The van der Waals surface area contributed by atoms with Crippen LogP contribution in [0, 0.1) is 0 Å². The van der Waals surface area contributed by atoms with Crippen LogP contribution in [0.1, 0.15) is 43.2 Å². The van der Waals surface area contributed by atoms with Crippen molar-refractivity contribution in [1.82, 2.24) is 10.2 Å². The molecule has 0 atom stereocenters. The average Bonchev–Trinajstić information content (AvgIpc) is 3.08. The molecule has 0 spiro atoms. The molecule has 32 heavy (non-hydrogen) atoms. The van der Waals surface area contributed by atoms with E-state index >= 15 is 0 Å². The average molecular weight is 520 g/mol. The summed E-state index contributed by atoms with van der Waals surface area (Å²) < 4.78 is 12.1. The minimum atomic E-state index is -0.348. The molecule has 1 heterocycles. The molecule has 168 valence electrons. The molecule has 4 rings (SSSR count). The van der Waals surface area contributed by atoms with E-state index < -0.39 is 0 Å². The third kappa shape index (κ3) is 4.94. The lowest BCUT2D eigenvalue weighted by atomic mass is 9.94. The van der Waals surface area contributed by atoms with Crippen molar-refractivity contribution in [2.45, 2.75) is 44.8 Å². The van der Waals surface area contributed by atoms with Crippen molar-refractivity contribution < 1.29 is 19.1 Å². The maximum Gasteiger partial charge on any atom is 0.329 e. The van der Waals surface area contributed by atoms with Crippen LogP contribution >= 0.6 is 27.5 Å². The van der Waals surface area contributed by atoms with E-state index in [-0.39, 0.29) is 23.7 Å². The molecule has 1 saturated heterocycles. The molecular weight excluding hydrogens is 496 g/mol. The largest absolute Gasteiger partial charge is 0.493 e. The van der Waals surface area contributed by atoms with Gasteiger partial charge in [0.15, 0.2) is 11.5 Å². The summed E-state index contributed by atoms with van der Waals surface area (Å²) in [6.45, 7) is 0.352. The quantitative estimate of drug-likeness (QED) is 0.380. The van der Waals surface area contributed by atoms with E-state index in [1.165, 1.54) is 4.90 Å². The van der Waals surface area contributed by atoms with E-state index in [9.17, 15) is 9.59 Å². The van der Waals surface area contributed by atoms with Crippen LogP contribution in [0.15, 0.2) is 46.6 Å². The van der Waals surface area contributed by atoms with Crippen molar-refractivity contribution >= 4 is 45.5 Å². The number of benzene rings is 2. The molecule has 1 saturated carbocycles. The van der Waals surface area contributed by atoms with Crippen LogP contribution in [0.3, 0.4) is 0 Å². The summed E-state index contributed by atoms with van der Waals surface area (Å²) in [7, 11) is 1.56. The van der Waals surface area contributed by atoms with Gasteiger partial charge in [-0.2, -0.15) is 0 Å². The summed E-state index contributed by atoms with van der Waals surface area (Å²) in [6, 6.07) is 10.6. The van der Waals surface area contributed by atoms with E-state index in [4.69, 9.17) is 21.1 Å². The molecule has 0 radical (unpaired) electrons. The molecule has 6 nitrogen and oxygen atoms in total. The van der Waals surface area contributed by atoms with Crippen LogP contribution in [0.4, 0.5) is 4.79 Å². The zero-order chi connectivity index (χ0) is 22.7. The van der Waals surface area contributed by atoms with Gasteiger partial charge in [0.1, 0.15) is 12.3 Å². The van der Waals surface area contributed by atoms with Gasteiger partial charge in [-0.05, 0) is 54.3 Å². The third-order valence-corrected chi connectivity index (χ3v) is 6.68. The Balaban J connectivity index is 1.53. The highest BCUT2D eigenvalue weighted by Gasteiger charge is 2.39. The van der Waals surface area contributed by atoms with Gasteiger partial charge >= 0.3 is 6.03 Å². The number of ether oxygens (including phenoxy) is 2. The van der Waals surface area contributed by atoms with Gasteiger partial charge in [0.2, 0.25) is 0 Å². The molecule has 1 aliphatic heterocycles. The van der Waals surface area contributed by atoms with Crippen molar-refractivity contribution in [3.05, 3.63) is 62.7 Å². The summed E-state index contributed by atoms with van der Waals surface area (Å²) in [6.07, 6.45) is 6.63. The lowest BCUT2D eigenvalue weighted by molar-refractivity contribution is -0.124. The highest BCUT2D eigenvalue weighted by molar-refractivity contribution is 9.10. The minimum absolute atomic E-state index is 0.0243. The number of methoxy groups -OCH3 is 1. The van der Waals surface area contributed by atoms with Crippen LogP contribution in [0.25, 0.3) is 6.08 Å². The minimum Gasteiger partial charge on any atom is -0.493 e. The molecule has 1 aliphatic carbocycles. The number of carbonyl (C=O) groups excluding carboxylic acids is 2. The second kappa shape index (κ2) is 9.96. The SMILES string of the molecule is COc1cc(/C=C2\NC(=O)N(C3CCCCC3)C2=O)c(Br)cc1OCc1ccc(Cl)cc1. The monoisotopic (exact) mass is 518 g/mol. The molecule has 3 amide bonds. The van der Waals surface area contributed by atoms with E-state index in [0.29, 0.717) is 28.7 Å². The van der Waals surface area contributed by atoms with Gasteiger partial charge in [-0.15, -0.1) is 0 Å². The highest BCUT2D eigenvalue weighted by atomic mass is 79.9. The number of rotatable bonds is 6. The molecule has 0 aromatic heterocycles. The molecule has 1 N–H and O–H groups in total. The second-order valence-electron chi connectivity index (χ2n) is 7.89. The van der Waals surface area contributed by atoms with Gasteiger partial charge in [0, 0.05) is 15.5 Å². The third-order valence-electron chi connectivity index (χ3n) is 5.74. The fourth-order valence-corrected chi connectivity index (χ4v) is 4.61. The Morgan fingerprint density at radius 3 is 2.53 bits per heavy atom. The Morgan fingerprint density at radius 2 is 1.84 bits per heavy atom. The van der Waals surface area contributed by atoms with Gasteiger partial charge in [-0.3, -0.25) is 9.69 Å². The Kier molecular flexibility index (Phi) is 7.06. The van der Waals surface area contributed by atoms with Gasteiger partial charge in [0.05, 0.1) is 7.11 Å². The lowest BCUT2D eigenvalue weighted by Crippen LogP contribution is -2.41. The first kappa shape index (κ1) is 22.7. The molecule has 2 aromatic rings. The number of hydrogen-bond donors (Lipinski definition) is 1. The number of carbonyl (C=O) groups is 2. The summed E-state index contributed by atoms with van der Waals surface area (Å²) >= 11 is 9.48. The Bertz CT molecular complexity index is 1050. The van der Waals surface area contributed by atoms with E-state index in [0.717, 1.165) is 42.1 Å².